The average molecular weight is 327 g/mol. The van der Waals surface area contributed by atoms with Crippen LogP contribution in [0.4, 0.5) is 0 Å². The summed E-state index contributed by atoms with van der Waals surface area (Å²) < 4.78 is 1.84. The summed E-state index contributed by atoms with van der Waals surface area (Å²) in [5.41, 5.74) is 2.09. The number of hydrogen-bond acceptors (Lipinski definition) is 3. The zero-order valence-corrected chi connectivity index (χ0v) is 13.9. The number of hydrogen-bond donors (Lipinski definition) is 2. The van der Waals surface area contributed by atoms with E-state index in [1.807, 2.05) is 47.4 Å². The van der Waals surface area contributed by atoms with Crippen LogP contribution in [0, 0.1) is 5.92 Å². The highest BCUT2D eigenvalue weighted by Crippen LogP contribution is 2.23. The van der Waals surface area contributed by atoms with Crippen molar-refractivity contribution in [2.45, 2.75) is 44.6 Å². The lowest BCUT2D eigenvalue weighted by Gasteiger charge is -2.27. The number of carbonyl (C=O) groups is 1. The Bertz CT molecular complexity index is 646. The second-order valence-corrected chi connectivity index (χ2v) is 6.60. The Morgan fingerprint density at radius 3 is 2.67 bits per heavy atom. The molecule has 1 aliphatic carbocycles. The molecule has 0 spiro atoms. The third-order valence-electron chi connectivity index (χ3n) is 4.77. The molecule has 3 rings (SSSR count). The number of aryl methyl sites for hydroxylation is 1. The molecular weight excluding hydrogens is 302 g/mol. The van der Waals surface area contributed by atoms with Gasteiger partial charge in [-0.25, -0.2) is 4.68 Å². The Morgan fingerprint density at radius 1 is 1.21 bits per heavy atom. The van der Waals surface area contributed by atoms with Crippen molar-refractivity contribution in [3.63, 3.8) is 0 Å². The molecule has 2 aromatic rings. The molecule has 1 amide bonds. The number of amides is 1. The highest BCUT2D eigenvalue weighted by atomic mass is 16.3. The van der Waals surface area contributed by atoms with E-state index in [4.69, 9.17) is 5.11 Å². The van der Waals surface area contributed by atoms with Crippen molar-refractivity contribution in [1.82, 2.24) is 15.1 Å². The largest absolute Gasteiger partial charge is 0.396 e. The van der Waals surface area contributed by atoms with Crippen LogP contribution in [0.15, 0.2) is 42.7 Å². The molecule has 1 aliphatic rings. The van der Waals surface area contributed by atoms with Gasteiger partial charge in [-0.2, -0.15) is 5.10 Å². The summed E-state index contributed by atoms with van der Waals surface area (Å²) in [6.07, 6.45) is 8.95. The topological polar surface area (TPSA) is 67.2 Å². The Morgan fingerprint density at radius 2 is 1.96 bits per heavy atom. The fraction of sp³-hybridized carbons (Fsp3) is 0.474. The molecule has 0 atom stereocenters. The zero-order valence-electron chi connectivity index (χ0n) is 13.9. The molecular formula is C19H25N3O2. The molecule has 5 nitrogen and oxygen atoms in total. The SMILES string of the molecule is O=C(CCc1cnn(-c2ccccc2)c1)NC1CCC(CO)CC1. The number of aliphatic hydroxyl groups excluding tert-OH is 1. The predicted molar refractivity (Wildman–Crippen MR) is 92.9 cm³/mol. The van der Waals surface area contributed by atoms with Crippen molar-refractivity contribution in [2.24, 2.45) is 5.92 Å². The minimum absolute atomic E-state index is 0.106. The van der Waals surface area contributed by atoms with Crippen LogP contribution in [0.25, 0.3) is 5.69 Å². The Kier molecular flexibility index (Phi) is 5.64. The summed E-state index contributed by atoms with van der Waals surface area (Å²) in [5.74, 6) is 0.525. The number of aliphatic hydroxyl groups is 1. The van der Waals surface area contributed by atoms with Gasteiger partial charge in [-0.1, -0.05) is 18.2 Å². The van der Waals surface area contributed by atoms with Crippen LogP contribution in [0.5, 0.6) is 0 Å². The molecule has 1 aromatic heterocycles. The van der Waals surface area contributed by atoms with Crippen LogP contribution in [-0.2, 0) is 11.2 Å². The lowest BCUT2D eigenvalue weighted by atomic mass is 9.86. The van der Waals surface area contributed by atoms with Crippen LogP contribution in [0.2, 0.25) is 0 Å². The van der Waals surface area contributed by atoms with E-state index in [0.717, 1.165) is 36.9 Å². The van der Waals surface area contributed by atoms with Gasteiger partial charge in [0, 0.05) is 25.3 Å². The molecule has 0 aliphatic heterocycles. The van der Waals surface area contributed by atoms with E-state index >= 15 is 0 Å². The summed E-state index contributed by atoms with van der Waals surface area (Å²) in [4.78, 5) is 12.1. The van der Waals surface area contributed by atoms with Gasteiger partial charge in [-0.3, -0.25) is 4.79 Å². The number of carbonyl (C=O) groups excluding carboxylic acids is 1. The average Bonchev–Trinajstić information content (AvgIpc) is 3.10. The molecule has 0 saturated heterocycles. The van der Waals surface area contributed by atoms with Crippen LogP contribution in [-0.4, -0.2) is 33.4 Å². The minimum Gasteiger partial charge on any atom is -0.396 e. The summed E-state index contributed by atoms with van der Waals surface area (Å²) >= 11 is 0. The summed E-state index contributed by atoms with van der Waals surface area (Å²) in [5, 5.41) is 16.6. The molecule has 0 unspecified atom stereocenters. The molecule has 1 aromatic carbocycles. The zero-order chi connectivity index (χ0) is 16.8. The first-order valence-corrected chi connectivity index (χ1v) is 8.74. The van der Waals surface area contributed by atoms with E-state index in [1.165, 1.54) is 0 Å². The highest BCUT2D eigenvalue weighted by Gasteiger charge is 2.21. The maximum absolute atomic E-state index is 12.1. The number of benzene rings is 1. The van der Waals surface area contributed by atoms with Gasteiger partial charge in [0.15, 0.2) is 0 Å². The van der Waals surface area contributed by atoms with Gasteiger partial charge >= 0.3 is 0 Å². The van der Waals surface area contributed by atoms with Crippen LogP contribution in [0.1, 0.15) is 37.7 Å². The normalized spacial score (nSPS) is 20.7. The van der Waals surface area contributed by atoms with Crippen molar-refractivity contribution < 1.29 is 9.90 Å². The molecule has 1 fully saturated rings. The fourth-order valence-electron chi connectivity index (χ4n) is 3.26. The Balaban J connectivity index is 1.44. The second kappa shape index (κ2) is 8.11. The van der Waals surface area contributed by atoms with Crippen molar-refractivity contribution in [2.75, 3.05) is 6.61 Å². The first kappa shape index (κ1) is 16.7. The standard InChI is InChI=1S/C19H25N3O2/c23-14-15-6-9-17(10-7-15)21-19(24)11-8-16-12-20-22(13-16)18-4-2-1-3-5-18/h1-5,12-13,15,17,23H,6-11,14H2,(H,21,24). The number of para-hydroxylation sites is 1. The third-order valence-corrected chi connectivity index (χ3v) is 4.77. The molecule has 0 radical (unpaired) electrons. The second-order valence-electron chi connectivity index (χ2n) is 6.60. The smallest absolute Gasteiger partial charge is 0.220 e. The van der Waals surface area contributed by atoms with Crippen molar-refractivity contribution in [3.8, 4) is 5.69 Å². The molecule has 0 bridgehead atoms. The lowest BCUT2D eigenvalue weighted by Crippen LogP contribution is -2.38. The highest BCUT2D eigenvalue weighted by molar-refractivity contribution is 5.76. The van der Waals surface area contributed by atoms with Crippen molar-refractivity contribution in [3.05, 3.63) is 48.3 Å². The molecule has 128 valence electrons. The monoisotopic (exact) mass is 327 g/mol. The molecule has 2 N–H and O–H groups in total. The molecule has 24 heavy (non-hydrogen) atoms. The Labute approximate surface area is 142 Å². The van der Waals surface area contributed by atoms with Gasteiger partial charge in [0.1, 0.15) is 0 Å². The van der Waals surface area contributed by atoms with E-state index in [-0.39, 0.29) is 18.6 Å². The van der Waals surface area contributed by atoms with E-state index in [9.17, 15) is 4.79 Å². The molecule has 5 heteroatoms. The summed E-state index contributed by atoms with van der Waals surface area (Å²) in [6.45, 7) is 0.270. The van der Waals surface area contributed by atoms with E-state index in [0.29, 0.717) is 18.8 Å². The maximum atomic E-state index is 12.1. The van der Waals surface area contributed by atoms with Crippen molar-refractivity contribution in [1.29, 1.82) is 0 Å². The minimum atomic E-state index is 0.106. The van der Waals surface area contributed by atoms with Gasteiger partial charge in [0.25, 0.3) is 0 Å². The van der Waals surface area contributed by atoms with Gasteiger partial charge in [-0.05, 0) is 55.7 Å². The van der Waals surface area contributed by atoms with E-state index in [1.54, 1.807) is 0 Å². The molecule has 1 heterocycles. The third kappa shape index (κ3) is 4.45. The van der Waals surface area contributed by atoms with Crippen molar-refractivity contribution >= 4 is 5.91 Å². The van der Waals surface area contributed by atoms with E-state index in [2.05, 4.69) is 10.4 Å². The number of rotatable bonds is 6. The maximum Gasteiger partial charge on any atom is 0.220 e. The first-order chi connectivity index (χ1) is 11.7. The number of nitrogens with one attached hydrogen (secondary N) is 1. The van der Waals surface area contributed by atoms with Gasteiger partial charge in [-0.15, -0.1) is 0 Å². The lowest BCUT2D eigenvalue weighted by molar-refractivity contribution is -0.122. The fourth-order valence-corrected chi connectivity index (χ4v) is 3.26. The summed E-state index contributed by atoms with van der Waals surface area (Å²) in [7, 11) is 0. The van der Waals surface area contributed by atoms with Gasteiger partial charge < -0.3 is 10.4 Å². The Hall–Kier alpha value is -2.14. The van der Waals surface area contributed by atoms with Gasteiger partial charge in [0.2, 0.25) is 5.91 Å². The van der Waals surface area contributed by atoms with Gasteiger partial charge in [0.05, 0.1) is 11.9 Å². The van der Waals surface area contributed by atoms with Crippen LogP contribution >= 0.6 is 0 Å². The number of aromatic nitrogens is 2. The first-order valence-electron chi connectivity index (χ1n) is 8.74. The van der Waals surface area contributed by atoms with Crippen LogP contribution in [0.3, 0.4) is 0 Å². The van der Waals surface area contributed by atoms with E-state index < -0.39 is 0 Å². The predicted octanol–water partition coefficient (Wildman–Crippen LogP) is 2.47. The number of nitrogens with zero attached hydrogens (tertiary/aromatic N) is 2. The quantitative estimate of drug-likeness (QED) is 0.856. The van der Waals surface area contributed by atoms with Crippen LogP contribution < -0.4 is 5.32 Å². The summed E-state index contributed by atoms with van der Waals surface area (Å²) in [6, 6.07) is 10.2. The molecule has 1 saturated carbocycles.